The van der Waals surface area contributed by atoms with Crippen LogP contribution in [0.15, 0.2) is 42.5 Å². The van der Waals surface area contributed by atoms with Gasteiger partial charge in [0.25, 0.3) is 0 Å². The fraction of sp³-hybridized carbons (Fsp3) is 0.316. The van der Waals surface area contributed by atoms with E-state index in [9.17, 15) is 4.39 Å². The lowest BCUT2D eigenvalue weighted by atomic mass is 10.1. The predicted octanol–water partition coefficient (Wildman–Crippen LogP) is 6.10. The first-order valence-corrected chi connectivity index (χ1v) is 7.45. The molecule has 0 amide bonds. The zero-order chi connectivity index (χ0) is 17.5. The van der Waals surface area contributed by atoms with Gasteiger partial charge in [0.1, 0.15) is 24.1 Å². The van der Waals surface area contributed by atoms with Gasteiger partial charge in [0.05, 0.1) is 0 Å². The number of hydrogen-bond acceptors (Lipinski definition) is 2. The average Bonchev–Trinajstić information content (AvgIpc) is 2.58. The van der Waals surface area contributed by atoms with Crippen molar-refractivity contribution >= 4 is 6.79 Å². The number of benzene rings is 2. The molecule has 3 heteroatoms. The lowest BCUT2D eigenvalue weighted by Gasteiger charge is -2.09. The number of rotatable bonds is 2. The van der Waals surface area contributed by atoms with Crippen LogP contribution in [0.2, 0.25) is 0 Å². The van der Waals surface area contributed by atoms with Crippen LogP contribution in [0.3, 0.4) is 0 Å². The van der Waals surface area contributed by atoms with E-state index in [0.29, 0.717) is 5.75 Å². The van der Waals surface area contributed by atoms with E-state index in [1.165, 1.54) is 17.7 Å². The second kappa shape index (κ2) is 13.8. The zero-order valence-electron chi connectivity index (χ0n) is 14.4. The summed E-state index contributed by atoms with van der Waals surface area (Å²) in [7, 11) is 0. The number of aryl methyl sites for hydroxylation is 2. The maximum atomic E-state index is 12.7. The van der Waals surface area contributed by atoms with Gasteiger partial charge in [-0.15, -0.1) is 0 Å². The molecule has 0 N–H and O–H groups in total. The van der Waals surface area contributed by atoms with Gasteiger partial charge in [-0.2, -0.15) is 0 Å². The molecular formula is C19H27FO2. The summed E-state index contributed by atoms with van der Waals surface area (Å²) in [6.45, 7) is 14.0. The highest BCUT2D eigenvalue weighted by Crippen LogP contribution is 2.25. The number of carbonyl (C=O) groups is 1. The van der Waals surface area contributed by atoms with Gasteiger partial charge in [0, 0.05) is 0 Å². The molecule has 0 heterocycles. The van der Waals surface area contributed by atoms with Crippen LogP contribution in [0, 0.1) is 19.7 Å². The van der Waals surface area contributed by atoms with Crippen LogP contribution in [0.25, 0.3) is 0 Å². The second-order valence-electron chi connectivity index (χ2n) is 3.82. The SMILES string of the molecule is C=O.CC.CC.Cc1ccc(Oc2ccc(F)cc2)c(C)c1. The van der Waals surface area contributed by atoms with E-state index >= 15 is 0 Å². The van der Waals surface area contributed by atoms with Crippen molar-refractivity contribution in [1.29, 1.82) is 0 Å². The number of hydrogen-bond donors (Lipinski definition) is 0. The smallest absolute Gasteiger partial charge is 0.130 e. The van der Waals surface area contributed by atoms with Crippen LogP contribution >= 0.6 is 0 Å². The first-order chi connectivity index (χ1) is 10.6. The van der Waals surface area contributed by atoms with Gasteiger partial charge in [-0.25, -0.2) is 4.39 Å². The molecule has 0 bridgehead atoms. The Labute approximate surface area is 134 Å². The summed E-state index contributed by atoms with van der Waals surface area (Å²) >= 11 is 0. The van der Waals surface area contributed by atoms with Crippen molar-refractivity contribution in [2.75, 3.05) is 0 Å². The summed E-state index contributed by atoms with van der Waals surface area (Å²) in [6.07, 6.45) is 0. The third kappa shape index (κ3) is 8.20. The maximum Gasteiger partial charge on any atom is 0.130 e. The summed E-state index contributed by atoms with van der Waals surface area (Å²) in [5.41, 5.74) is 2.27. The molecule has 0 aliphatic carbocycles. The maximum absolute atomic E-state index is 12.7. The van der Waals surface area contributed by atoms with E-state index in [1.807, 2.05) is 60.5 Å². The Bertz CT molecular complexity index is 507. The van der Waals surface area contributed by atoms with Gasteiger partial charge in [0.2, 0.25) is 0 Å². The van der Waals surface area contributed by atoms with E-state index in [-0.39, 0.29) is 5.82 Å². The van der Waals surface area contributed by atoms with Crippen LogP contribution in [0.1, 0.15) is 38.8 Å². The largest absolute Gasteiger partial charge is 0.457 e. The number of halogens is 1. The van der Waals surface area contributed by atoms with Crippen LogP contribution in [0.4, 0.5) is 4.39 Å². The molecule has 0 unspecified atom stereocenters. The van der Waals surface area contributed by atoms with Gasteiger partial charge >= 0.3 is 0 Å². The number of carbonyl (C=O) groups excluding carboxylic acids is 1. The van der Waals surface area contributed by atoms with Gasteiger partial charge in [-0.1, -0.05) is 45.4 Å². The van der Waals surface area contributed by atoms with E-state index in [1.54, 1.807) is 12.1 Å². The second-order valence-corrected chi connectivity index (χ2v) is 3.82. The van der Waals surface area contributed by atoms with E-state index in [4.69, 9.17) is 9.53 Å². The third-order valence-corrected chi connectivity index (χ3v) is 2.37. The first kappa shape index (κ1) is 22.1. The normalized spacial score (nSPS) is 8.14. The molecule has 2 aromatic rings. The summed E-state index contributed by atoms with van der Waals surface area (Å²) in [4.78, 5) is 8.00. The van der Waals surface area contributed by atoms with E-state index < -0.39 is 0 Å². The molecule has 22 heavy (non-hydrogen) atoms. The highest BCUT2D eigenvalue weighted by Gasteiger charge is 2.01. The fourth-order valence-corrected chi connectivity index (χ4v) is 1.54. The molecule has 2 rings (SSSR count). The van der Waals surface area contributed by atoms with Gasteiger partial charge in [0.15, 0.2) is 0 Å². The monoisotopic (exact) mass is 306 g/mol. The highest BCUT2D eigenvalue weighted by molar-refractivity contribution is 5.39. The molecule has 0 aliphatic rings. The van der Waals surface area contributed by atoms with Crippen LogP contribution in [-0.4, -0.2) is 6.79 Å². The van der Waals surface area contributed by atoms with E-state index in [2.05, 4.69) is 6.07 Å². The summed E-state index contributed by atoms with van der Waals surface area (Å²) in [5.74, 6) is 1.19. The Balaban J connectivity index is 0. The van der Waals surface area contributed by atoms with Crippen LogP contribution in [0.5, 0.6) is 11.5 Å². The van der Waals surface area contributed by atoms with Crippen molar-refractivity contribution in [1.82, 2.24) is 0 Å². The molecule has 0 fully saturated rings. The molecule has 0 saturated heterocycles. The molecule has 122 valence electrons. The quantitative estimate of drug-likeness (QED) is 0.670. The average molecular weight is 306 g/mol. The standard InChI is InChI=1S/C14H13FO.2C2H6.CH2O/c1-10-3-8-14(11(2)9-10)16-13-6-4-12(15)5-7-13;3*1-2/h3-9H,1-2H3;2*1-2H3;1H2. The molecule has 0 saturated carbocycles. The first-order valence-electron chi connectivity index (χ1n) is 7.45. The Hall–Kier alpha value is -2.16. The van der Waals surface area contributed by atoms with Crippen molar-refractivity contribution in [3.63, 3.8) is 0 Å². The molecular weight excluding hydrogens is 279 g/mol. The molecule has 0 spiro atoms. The molecule has 0 aliphatic heterocycles. The van der Waals surface area contributed by atoms with Crippen molar-refractivity contribution in [3.05, 3.63) is 59.4 Å². The lowest BCUT2D eigenvalue weighted by molar-refractivity contribution is -0.0979. The predicted molar refractivity (Wildman–Crippen MR) is 92.2 cm³/mol. The minimum atomic E-state index is -0.257. The summed E-state index contributed by atoms with van der Waals surface area (Å²) in [6, 6.07) is 12.0. The van der Waals surface area contributed by atoms with Crippen molar-refractivity contribution in [2.24, 2.45) is 0 Å². The van der Waals surface area contributed by atoms with Crippen LogP contribution < -0.4 is 4.74 Å². The summed E-state index contributed by atoms with van der Waals surface area (Å²) < 4.78 is 18.4. The van der Waals surface area contributed by atoms with E-state index in [0.717, 1.165) is 11.3 Å². The van der Waals surface area contributed by atoms with Gasteiger partial charge in [-0.3, -0.25) is 0 Å². The van der Waals surface area contributed by atoms with Gasteiger partial charge in [-0.05, 0) is 49.7 Å². The third-order valence-electron chi connectivity index (χ3n) is 2.37. The molecule has 0 atom stereocenters. The zero-order valence-corrected chi connectivity index (χ0v) is 14.4. The molecule has 0 radical (unpaired) electrons. The lowest BCUT2D eigenvalue weighted by Crippen LogP contribution is -1.88. The van der Waals surface area contributed by atoms with Crippen LogP contribution in [-0.2, 0) is 4.79 Å². The highest BCUT2D eigenvalue weighted by atomic mass is 19.1. The minimum absolute atomic E-state index is 0.257. The van der Waals surface area contributed by atoms with Crippen molar-refractivity contribution in [3.8, 4) is 11.5 Å². The van der Waals surface area contributed by atoms with Crippen molar-refractivity contribution < 1.29 is 13.9 Å². The van der Waals surface area contributed by atoms with Gasteiger partial charge < -0.3 is 9.53 Å². The molecule has 2 nitrogen and oxygen atoms in total. The Kier molecular flexibility index (Phi) is 13.9. The Morgan fingerprint density at radius 2 is 1.36 bits per heavy atom. The minimum Gasteiger partial charge on any atom is -0.457 e. The summed E-state index contributed by atoms with van der Waals surface area (Å²) in [5, 5.41) is 0. The fourth-order valence-electron chi connectivity index (χ4n) is 1.54. The molecule has 0 aromatic heterocycles. The van der Waals surface area contributed by atoms with Crippen molar-refractivity contribution in [2.45, 2.75) is 41.5 Å². The number of ether oxygens (including phenoxy) is 1. The topological polar surface area (TPSA) is 26.3 Å². The Morgan fingerprint density at radius 1 is 0.864 bits per heavy atom. The molecule has 2 aromatic carbocycles. The Morgan fingerprint density at radius 3 is 1.82 bits per heavy atom.